The molecule has 0 fully saturated rings. The van der Waals surface area contributed by atoms with Crippen LogP contribution in [0.5, 0.6) is 5.75 Å². The van der Waals surface area contributed by atoms with Crippen molar-refractivity contribution in [1.82, 2.24) is 19.6 Å². The van der Waals surface area contributed by atoms with Gasteiger partial charge in [0.1, 0.15) is 0 Å². The van der Waals surface area contributed by atoms with Crippen molar-refractivity contribution in [3.05, 3.63) is 57.6 Å². The highest BCUT2D eigenvalue weighted by Crippen LogP contribution is 2.32. The predicted molar refractivity (Wildman–Crippen MR) is 100.0 cm³/mol. The first-order valence-corrected chi connectivity index (χ1v) is 8.54. The Bertz CT molecular complexity index is 944. The molecule has 3 rings (SSSR count). The minimum Gasteiger partial charge on any atom is -0.468 e. The second-order valence-electron chi connectivity index (χ2n) is 5.69. The van der Waals surface area contributed by atoms with Gasteiger partial charge in [-0.1, -0.05) is 29.3 Å². The van der Waals surface area contributed by atoms with Crippen LogP contribution in [0.1, 0.15) is 21.9 Å². The summed E-state index contributed by atoms with van der Waals surface area (Å²) >= 11 is 12.1. The first-order chi connectivity index (χ1) is 12.4. The van der Waals surface area contributed by atoms with E-state index in [0.29, 0.717) is 21.5 Å². The monoisotopic (exact) mass is 393 g/mol. The lowest BCUT2D eigenvalue weighted by Gasteiger charge is -2.09. The van der Waals surface area contributed by atoms with Gasteiger partial charge in [0.15, 0.2) is 18.2 Å². The van der Waals surface area contributed by atoms with E-state index in [1.54, 1.807) is 35.1 Å². The van der Waals surface area contributed by atoms with Crippen LogP contribution in [-0.4, -0.2) is 25.5 Å². The lowest BCUT2D eigenvalue weighted by atomic mass is 10.3. The Morgan fingerprint density at radius 2 is 1.88 bits per heavy atom. The van der Waals surface area contributed by atoms with E-state index in [-0.39, 0.29) is 18.3 Å². The normalized spacial score (nSPS) is 10.8. The third-order valence-corrected chi connectivity index (χ3v) is 4.48. The molecule has 0 atom stereocenters. The summed E-state index contributed by atoms with van der Waals surface area (Å²) in [6, 6.07) is 6.71. The Morgan fingerprint density at radius 1 is 1.19 bits per heavy atom. The number of nitrogens with one attached hydrogen (secondary N) is 1. The Balaban J connectivity index is 1.68. The second kappa shape index (κ2) is 7.39. The Kier molecular flexibility index (Phi) is 5.20. The van der Waals surface area contributed by atoms with Crippen LogP contribution in [0.4, 0.5) is 5.69 Å². The summed E-state index contributed by atoms with van der Waals surface area (Å²) < 4.78 is 8.79. The molecule has 2 aromatic heterocycles. The number of ether oxygens (including phenoxy) is 1. The average Bonchev–Trinajstić information content (AvgIpc) is 3.15. The number of anilines is 1. The van der Waals surface area contributed by atoms with Gasteiger partial charge in [0.05, 0.1) is 27.1 Å². The first kappa shape index (κ1) is 18.3. The van der Waals surface area contributed by atoms with E-state index < -0.39 is 0 Å². The topological polar surface area (TPSA) is 74.0 Å². The average molecular weight is 394 g/mol. The lowest BCUT2D eigenvalue weighted by Crippen LogP contribution is -2.15. The third-order valence-electron chi connectivity index (χ3n) is 3.88. The summed E-state index contributed by atoms with van der Waals surface area (Å²) in [7, 11) is 1.82. The maximum atomic E-state index is 12.4. The number of hydrogen-bond acceptors (Lipinski definition) is 4. The van der Waals surface area contributed by atoms with Gasteiger partial charge >= 0.3 is 0 Å². The minimum atomic E-state index is -0.321. The molecule has 0 spiro atoms. The fourth-order valence-electron chi connectivity index (χ4n) is 2.44. The summed E-state index contributed by atoms with van der Waals surface area (Å²) in [6.45, 7) is 3.79. The number of para-hydroxylation sites is 1. The van der Waals surface area contributed by atoms with E-state index >= 15 is 0 Å². The summed E-state index contributed by atoms with van der Waals surface area (Å²) in [6.07, 6.45) is 1.64. The summed E-state index contributed by atoms with van der Waals surface area (Å²) in [5.74, 6) is 0.0534. The second-order valence-corrected chi connectivity index (χ2v) is 6.50. The maximum Gasteiger partial charge on any atom is 0.276 e. The Hall–Kier alpha value is -2.51. The predicted octanol–water partition coefficient (Wildman–Crippen LogP) is 3.83. The van der Waals surface area contributed by atoms with Crippen molar-refractivity contribution in [2.24, 2.45) is 7.05 Å². The van der Waals surface area contributed by atoms with Crippen LogP contribution in [0.25, 0.3) is 0 Å². The van der Waals surface area contributed by atoms with Gasteiger partial charge in [-0.15, -0.1) is 0 Å². The molecule has 0 bridgehead atoms. The van der Waals surface area contributed by atoms with Crippen molar-refractivity contribution in [1.29, 1.82) is 0 Å². The van der Waals surface area contributed by atoms with Crippen LogP contribution in [-0.2, 0) is 13.8 Å². The molecule has 0 saturated heterocycles. The van der Waals surface area contributed by atoms with Gasteiger partial charge in [0.25, 0.3) is 5.91 Å². The summed E-state index contributed by atoms with van der Waals surface area (Å²) in [5, 5.41) is 12.1. The smallest absolute Gasteiger partial charge is 0.276 e. The molecule has 0 aliphatic carbocycles. The number of hydrogen-bond donors (Lipinski definition) is 1. The molecule has 0 aliphatic heterocycles. The molecule has 26 heavy (non-hydrogen) atoms. The molecule has 0 saturated carbocycles. The van der Waals surface area contributed by atoms with Crippen LogP contribution in [0.15, 0.2) is 30.5 Å². The maximum absolute atomic E-state index is 12.4. The summed E-state index contributed by atoms with van der Waals surface area (Å²) in [5.41, 5.74) is 2.56. The standard InChI is InChI=1S/C17H17Cl2N5O2/c1-10-15(11(2)23(3)21-10)20-17(25)14-7-8-24(22-14)9-26-16-12(18)5-4-6-13(16)19/h4-8H,9H2,1-3H3,(H,20,25). The van der Waals surface area contributed by atoms with Crippen molar-refractivity contribution in [2.75, 3.05) is 5.32 Å². The Morgan fingerprint density at radius 3 is 2.50 bits per heavy atom. The van der Waals surface area contributed by atoms with Crippen LogP contribution in [0, 0.1) is 13.8 Å². The zero-order valence-corrected chi connectivity index (χ0v) is 16.0. The molecule has 1 aromatic carbocycles. The molecule has 9 heteroatoms. The van der Waals surface area contributed by atoms with Crippen molar-refractivity contribution in [2.45, 2.75) is 20.6 Å². The van der Waals surface area contributed by atoms with Gasteiger partial charge in [-0.25, -0.2) is 4.68 Å². The van der Waals surface area contributed by atoms with E-state index in [4.69, 9.17) is 27.9 Å². The zero-order valence-electron chi connectivity index (χ0n) is 14.5. The van der Waals surface area contributed by atoms with Crippen molar-refractivity contribution < 1.29 is 9.53 Å². The van der Waals surface area contributed by atoms with Gasteiger partial charge < -0.3 is 10.1 Å². The fraction of sp³-hybridized carbons (Fsp3) is 0.235. The molecule has 0 unspecified atom stereocenters. The third kappa shape index (κ3) is 3.68. The van der Waals surface area contributed by atoms with Gasteiger partial charge in [-0.2, -0.15) is 10.2 Å². The van der Waals surface area contributed by atoms with Crippen LogP contribution >= 0.6 is 23.2 Å². The van der Waals surface area contributed by atoms with Gasteiger partial charge in [-0.05, 0) is 32.0 Å². The van der Waals surface area contributed by atoms with E-state index in [1.807, 2.05) is 20.9 Å². The number of halogens is 2. The molecule has 2 heterocycles. The number of nitrogens with zero attached hydrogens (tertiary/aromatic N) is 4. The number of carbonyl (C=O) groups excluding carboxylic acids is 1. The number of rotatable bonds is 5. The highest BCUT2D eigenvalue weighted by atomic mass is 35.5. The quantitative estimate of drug-likeness (QED) is 0.714. The highest BCUT2D eigenvalue weighted by molar-refractivity contribution is 6.37. The molecular formula is C17H17Cl2N5O2. The highest BCUT2D eigenvalue weighted by Gasteiger charge is 2.16. The number of aromatic nitrogens is 4. The van der Waals surface area contributed by atoms with Gasteiger partial charge in [-0.3, -0.25) is 9.48 Å². The largest absolute Gasteiger partial charge is 0.468 e. The SMILES string of the molecule is Cc1nn(C)c(C)c1NC(=O)c1ccn(COc2c(Cl)cccc2Cl)n1. The molecule has 1 amide bonds. The van der Waals surface area contributed by atoms with E-state index in [0.717, 1.165) is 11.4 Å². The van der Waals surface area contributed by atoms with Crippen LogP contribution in [0.3, 0.4) is 0 Å². The van der Waals surface area contributed by atoms with Crippen molar-refractivity contribution in [3.63, 3.8) is 0 Å². The first-order valence-electron chi connectivity index (χ1n) is 7.78. The van der Waals surface area contributed by atoms with Crippen molar-refractivity contribution in [3.8, 4) is 5.75 Å². The Labute approximate surface area is 160 Å². The summed E-state index contributed by atoms with van der Waals surface area (Å²) in [4.78, 5) is 12.4. The van der Waals surface area contributed by atoms with E-state index in [1.165, 1.54) is 4.68 Å². The van der Waals surface area contributed by atoms with E-state index in [9.17, 15) is 4.79 Å². The van der Waals surface area contributed by atoms with Crippen LogP contribution in [0.2, 0.25) is 10.0 Å². The van der Waals surface area contributed by atoms with Gasteiger partial charge in [0.2, 0.25) is 0 Å². The molecule has 7 nitrogen and oxygen atoms in total. The lowest BCUT2D eigenvalue weighted by molar-refractivity contribution is 0.102. The van der Waals surface area contributed by atoms with E-state index in [2.05, 4.69) is 15.5 Å². The number of aryl methyl sites for hydroxylation is 2. The minimum absolute atomic E-state index is 0.0711. The van der Waals surface area contributed by atoms with Gasteiger partial charge in [0, 0.05) is 13.2 Å². The molecule has 0 radical (unpaired) electrons. The van der Waals surface area contributed by atoms with Crippen LogP contribution < -0.4 is 10.1 Å². The number of amides is 1. The molecule has 0 aliphatic rings. The molecule has 1 N–H and O–H groups in total. The fourth-order valence-corrected chi connectivity index (χ4v) is 2.94. The zero-order chi connectivity index (χ0) is 18.8. The number of carbonyl (C=O) groups is 1. The molecule has 136 valence electrons. The van der Waals surface area contributed by atoms with Crippen molar-refractivity contribution >= 4 is 34.8 Å². The molecule has 3 aromatic rings. The number of benzene rings is 1. The molecular weight excluding hydrogens is 377 g/mol.